The average Bonchev–Trinajstić information content (AvgIpc) is 2.75. The SMILES string of the molecule is CC[C@@H](NC(=O)CN1CCN(CCOc2ccc(Cl)cc2)CC1)c1ccc(C)cc1. The van der Waals surface area contributed by atoms with E-state index < -0.39 is 0 Å². The number of carbonyl (C=O) groups is 1. The summed E-state index contributed by atoms with van der Waals surface area (Å²) in [6.45, 7) is 9.87. The number of benzene rings is 2. The van der Waals surface area contributed by atoms with Gasteiger partial charge in [0.05, 0.1) is 12.6 Å². The molecule has 1 atom stereocenters. The molecule has 2 aromatic rings. The fourth-order valence-electron chi connectivity index (χ4n) is 3.66. The zero-order chi connectivity index (χ0) is 21.3. The van der Waals surface area contributed by atoms with Gasteiger partial charge in [0.2, 0.25) is 5.91 Å². The van der Waals surface area contributed by atoms with Gasteiger partial charge in [-0.2, -0.15) is 0 Å². The Labute approximate surface area is 185 Å². The number of ether oxygens (including phenoxy) is 1. The Kier molecular flexibility index (Phi) is 8.55. The summed E-state index contributed by atoms with van der Waals surface area (Å²) in [4.78, 5) is 17.2. The number of nitrogens with one attached hydrogen (secondary N) is 1. The second kappa shape index (κ2) is 11.3. The summed E-state index contributed by atoms with van der Waals surface area (Å²) in [7, 11) is 0. The predicted octanol–water partition coefficient (Wildman–Crippen LogP) is 3.91. The first-order valence-electron chi connectivity index (χ1n) is 10.7. The highest BCUT2D eigenvalue weighted by molar-refractivity contribution is 6.30. The van der Waals surface area contributed by atoms with Crippen molar-refractivity contribution in [2.75, 3.05) is 45.9 Å². The Balaban J connectivity index is 1.35. The smallest absolute Gasteiger partial charge is 0.234 e. The van der Waals surface area contributed by atoms with Crippen LogP contribution in [0.4, 0.5) is 0 Å². The molecule has 5 nitrogen and oxygen atoms in total. The molecule has 1 N–H and O–H groups in total. The molecular formula is C24H32ClN3O2. The summed E-state index contributed by atoms with van der Waals surface area (Å²) >= 11 is 5.89. The van der Waals surface area contributed by atoms with Gasteiger partial charge in [0.1, 0.15) is 12.4 Å². The molecule has 0 saturated carbocycles. The predicted molar refractivity (Wildman–Crippen MR) is 122 cm³/mol. The zero-order valence-electron chi connectivity index (χ0n) is 17.9. The summed E-state index contributed by atoms with van der Waals surface area (Å²) in [5.74, 6) is 0.940. The molecule has 1 fully saturated rings. The highest BCUT2D eigenvalue weighted by atomic mass is 35.5. The Hall–Kier alpha value is -2.08. The van der Waals surface area contributed by atoms with Gasteiger partial charge in [0, 0.05) is 37.7 Å². The number of hydrogen-bond acceptors (Lipinski definition) is 4. The van der Waals surface area contributed by atoms with E-state index >= 15 is 0 Å². The van der Waals surface area contributed by atoms with Crippen molar-refractivity contribution >= 4 is 17.5 Å². The third-order valence-corrected chi connectivity index (χ3v) is 5.80. The van der Waals surface area contributed by atoms with Crippen molar-refractivity contribution in [3.05, 3.63) is 64.7 Å². The maximum atomic E-state index is 12.6. The third kappa shape index (κ3) is 7.01. The van der Waals surface area contributed by atoms with Gasteiger partial charge in [-0.25, -0.2) is 0 Å². The van der Waals surface area contributed by atoms with Gasteiger partial charge >= 0.3 is 0 Å². The van der Waals surface area contributed by atoms with Crippen molar-refractivity contribution in [2.45, 2.75) is 26.3 Å². The quantitative estimate of drug-likeness (QED) is 0.656. The van der Waals surface area contributed by atoms with Gasteiger partial charge in [0.25, 0.3) is 0 Å². The lowest BCUT2D eigenvalue weighted by Gasteiger charge is -2.34. The number of halogens is 1. The summed E-state index contributed by atoms with van der Waals surface area (Å²) in [5, 5.41) is 3.91. The molecule has 0 bridgehead atoms. The van der Waals surface area contributed by atoms with E-state index in [-0.39, 0.29) is 11.9 Å². The van der Waals surface area contributed by atoms with E-state index in [0.717, 1.165) is 44.9 Å². The number of rotatable bonds is 9. The molecule has 1 amide bonds. The van der Waals surface area contributed by atoms with E-state index in [0.29, 0.717) is 18.2 Å². The molecule has 2 aromatic carbocycles. The normalized spacial score (nSPS) is 16.2. The molecule has 3 rings (SSSR count). The number of aryl methyl sites for hydroxylation is 1. The van der Waals surface area contributed by atoms with Gasteiger partial charge in [-0.1, -0.05) is 48.4 Å². The summed E-state index contributed by atoms with van der Waals surface area (Å²) in [6.07, 6.45) is 0.885. The molecule has 0 spiro atoms. The average molecular weight is 430 g/mol. The fraction of sp³-hybridized carbons (Fsp3) is 0.458. The Morgan fingerprint density at radius 1 is 1.03 bits per heavy atom. The lowest BCUT2D eigenvalue weighted by molar-refractivity contribution is -0.123. The van der Waals surface area contributed by atoms with E-state index in [1.165, 1.54) is 11.1 Å². The topological polar surface area (TPSA) is 44.8 Å². The lowest BCUT2D eigenvalue weighted by Crippen LogP contribution is -2.50. The van der Waals surface area contributed by atoms with Gasteiger partial charge in [-0.3, -0.25) is 14.6 Å². The first-order chi connectivity index (χ1) is 14.5. The second-order valence-electron chi connectivity index (χ2n) is 7.86. The molecule has 1 aliphatic rings. The molecule has 0 unspecified atom stereocenters. The van der Waals surface area contributed by atoms with Crippen molar-refractivity contribution in [1.82, 2.24) is 15.1 Å². The van der Waals surface area contributed by atoms with Crippen molar-refractivity contribution in [1.29, 1.82) is 0 Å². The maximum absolute atomic E-state index is 12.6. The molecule has 0 radical (unpaired) electrons. The van der Waals surface area contributed by atoms with Crippen LogP contribution in [0.3, 0.4) is 0 Å². The minimum absolute atomic E-state index is 0.0735. The highest BCUT2D eigenvalue weighted by Gasteiger charge is 2.20. The van der Waals surface area contributed by atoms with Gasteiger partial charge < -0.3 is 10.1 Å². The van der Waals surface area contributed by atoms with Crippen LogP contribution >= 0.6 is 11.6 Å². The van der Waals surface area contributed by atoms with Crippen LogP contribution < -0.4 is 10.1 Å². The number of amides is 1. The molecule has 0 aliphatic carbocycles. The molecule has 0 aromatic heterocycles. The molecule has 1 aliphatic heterocycles. The molecule has 1 saturated heterocycles. The monoisotopic (exact) mass is 429 g/mol. The zero-order valence-corrected chi connectivity index (χ0v) is 18.7. The minimum Gasteiger partial charge on any atom is -0.492 e. The van der Waals surface area contributed by atoms with Gasteiger partial charge in [-0.15, -0.1) is 0 Å². The van der Waals surface area contributed by atoms with Crippen LogP contribution in [0.15, 0.2) is 48.5 Å². The second-order valence-corrected chi connectivity index (χ2v) is 8.30. The lowest BCUT2D eigenvalue weighted by atomic mass is 10.0. The summed E-state index contributed by atoms with van der Waals surface area (Å²) in [6, 6.07) is 15.9. The van der Waals surface area contributed by atoms with E-state index in [9.17, 15) is 4.79 Å². The fourth-order valence-corrected chi connectivity index (χ4v) is 3.78. The van der Waals surface area contributed by atoms with Crippen molar-refractivity contribution in [3.8, 4) is 5.75 Å². The molecule has 6 heteroatoms. The van der Waals surface area contributed by atoms with E-state index in [1.807, 2.05) is 24.3 Å². The van der Waals surface area contributed by atoms with E-state index in [1.54, 1.807) is 0 Å². The largest absolute Gasteiger partial charge is 0.492 e. The number of hydrogen-bond donors (Lipinski definition) is 1. The van der Waals surface area contributed by atoms with Crippen LogP contribution in [0.5, 0.6) is 5.75 Å². The number of nitrogens with zero attached hydrogens (tertiary/aromatic N) is 2. The number of piperazine rings is 1. The van der Waals surface area contributed by atoms with Gasteiger partial charge in [-0.05, 0) is 43.2 Å². The molecule has 30 heavy (non-hydrogen) atoms. The first-order valence-corrected chi connectivity index (χ1v) is 11.1. The van der Waals surface area contributed by atoms with Gasteiger partial charge in [0.15, 0.2) is 0 Å². The minimum atomic E-state index is 0.0735. The van der Waals surface area contributed by atoms with Crippen LogP contribution in [-0.2, 0) is 4.79 Å². The van der Waals surface area contributed by atoms with Crippen LogP contribution in [0, 0.1) is 6.92 Å². The van der Waals surface area contributed by atoms with Crippen molar-refractivity contribution in [2.24, 2.45) is 0 Å². The Bertz CT molecular complexity index is 787. The third-order valence-electron chi connectivity index (χ3n) is 5.55. The summed E-state index contributed by atoms with van der Waals surface area (Å²) in [5.41, 5.74) is 2.40. The standard InChI is InChI=1S/C24H32ClN3O2/c1-3-23(20-6-4-19(2)5-7-20)26-24(29)18-28-14-12-27(13-15-28)16-17-30-22-10-8-21(25)9-11-22/h4-11,23H,3,12-18H2,1-2H3,(H,26,29)/t23-/m1/s1. The van der Waals surface area contributed by atoms with Crippen molar-refractivity contribution in [3.63, 3.8) is 0 Å². The van der Waals surface area contributed by atoms with Crippen LogP contribution in [-0.4, -0.2) is 61.6 Å². The Morgan fingerprint density at radius 3 is 2.30 bits per heavy atom. The van der Waals surface area contributed by atoms with Crippen LogP contribution in [0.1, 0.15) is 30.5 Å². The molecular weight excluding hydrogens is 398 g/mol. The molecule has 162 valence electrons. The first kappa shape index (κ1) is 22.6. The Morgan fingerprint density at radius 2 is 1.67 bits per heavy atom. The van der Waals surface area contributed by atoms with E-state index in [4.69, 9.17) is 16.3 Å². The van der Waals surface area contributed by atoms with Crippen LogP contribution in [0.2, 0.25) is 5.02 Å². The number of carbonyl (C=O) groups excluding carboxylic acids is 1. The van der Waals surface area contributed by atoms with E-state index in [2.05, 4.69) is 53.2 Å². The van der Waals surface area contributed by atoms with Crippen LogP contribution in [0.25, 0.3) is 0 Å². The molecule has 1 heterocycles. The highest BCUT2D eigenvalue weighted by Crippen LogP contribution is 2.17. The van der Waals surface area contributed by atoms with Crippen molar-refractivity contribution < 1.29 is 9.53 Å². The maximum Gasteiger partial charge on any atom is 0.234 e. The summed E-state index contributed by atoms with van der Waals surface area (Å²) < 4.78 is 5.78.